The summed E-state index contributed by atoms with van der Waals surface area (Å²) in [7, 11) is 0. The molecule has 1 aliphatic rings. The zero-order valence-electron chi connectivity index (χ0n) is 8.09. The van der Waals surface area contributed by atoms with E-state index in [0.29, 0.717) is 10.0 Å². The molecule has 5 heteroatoms. The molecule has 14 heavy (non-hydrogen) atoms. The molecule has 2 rings (SSSR count). The Morgan fingerprint density at radius 3 is 3.07 bits per heavy atom. The minimum absolute atomic E-state index is 0.0438. The molecule has 1 aromatic rings. The van der Waals surface area contributed by atoms with Crippen LogP contribution in [-0.2, 0) is 5.67 Å². The smallest absolute Gasteiger partial charge is 0.180 e. The van der Waals surface area contributed by atoms with Crippen molar-refractivity contribution in [2.24, 2.45) is 5.92 Å². The predicted molar refractivity (Wildman–Crippen MR) is 56.0 cm³/mol. The number of nitrogens with one attached hydrogen (secondary N) is 1. The van der Waals surface area contributed by atoms with Crippen LogP contribution < -0.4 is 11.1 Å². The van der Waals surface area contributed by atoms with Gasteiger partial charge < -0.3 is 11.1 Å². The fourth-order valence-corrected chi connectivity index (χ4v) is 2.63. The minimum atomic E-state index is -1.29. The van der Waals surface area contributed by atoms with E-state index in [1.54, 1.807) is 13.1 Å². The molecule has 3 nitrogen and oxygen atoms in total. The summed E-state index contributed by atoms with van der Waals surface area (Å²) in [5.74, 6) is 0.0438. The van der Waals surface area contributed by atoms with Crippen molar-refractivity contribution in [2.45, 2.75) is 19.0 Å². The molecule has 2 unspecified atom stereocenters. The molecule has 0 radical (unpaired) electrons. The first-order valence-electron chi connectivity index (χ1n) is 4.72. The quantitative estimate of drug-likeness (QED) is 0.786. The number of anilines is 1. The number of halogens is 1. The highest BCUT2D eigenvalue weighted by Crippen LogP contribution is 2.40. The Labute approximate surface area is 86.5 Å². The van der Waals surface area contributed by atoms with E-state index < -0.39 is 5.67 Å². The van der Waals surface area contributed by atoms with Gasteiger partial charge >= 0.3 is 0 Å². The number of nitrogens with two attached hydrogens (primary N) is 1. The van der Waals surface area contributed by atoms with Crippen LogP contribution in [-0.4, -0.2) is 18.1 Å². The van der Waals surface area contributed by atoms with Gasteiger partial charge in [0, 0.05) is 18.7 Å². The van der Waals surface area contributed by atoms with Crippen molar-refractivity contribution in [2.75, 3.05) is 18.8 Å². The van der Waals surface area contributed by atoms with Gasteiger partial charge in [-0.1, -0.05) is 11.3 Å². The van der Waals surface area contributed by atoms with E-state index in [0.717, 1.165) is 19.5 Å². The molecule has 0 amide bonds. The number of hydrogen-bond acceptors (Lipinski definition) is 4. The van der Waals surface area contributed by atoms with Crippen molar-refractivity contribution >= 4 is 16.5 Å². The third kappa shape index (κ3) is 1.62. The molecule has 0 bridgehead atoms. The fourth-order valence-electron chi connectivity index (χ4n) is 1.83. The van der Waals surface area contributed by atoms with Gasteiger partial charge in [0.05, 0.1) is 4.88 Å². The van der Waals surface area contributed by atoms with Gasteiger partial charge in [-0.3, -0.25) is 0 Å². The average molecular weight is 215 g/mol. The number of alkyl halides is 1. The van der Waals surface area contributed by atoms with Crippen LogP contribution in [0.25, 0.3) is 0 Å². The third-order valence-electron chi connectivity index (χ3n) is 2.83. The first kappa shape index (κ1) is 9.86. The van der Waals surface area contributed by atoms with Crippen LogP contribution in [0.4, 0.5) is 9.52 Å². The third-order valence-corrected chi connectivity index (χ3v) is 3.87. The van der Waals surface area contributed by atoms with E-state index in [2.05, 4.69) is 10.3 Å². The van der Waals surface area contributed by atoms with E-state index in [1.807, 2.05) is 0 Å². The fraction of sp³-hybridized carbons (Fsp3) is 0.667. The Morgan fingerprint density at radius 1 is 1.79 bits per heavy atom. The number of hydrogen-bond donors (Lipinski definition) is 2. The molecular formula is C9H14FN3S. The Kier molecular flexibility index (Phi) is 2.45. The summed E-state index contributed by atoms with van der Waals surface area (Å²) in [6.45, 7) is 3.26. The molecule has 1 aromatic heterocycles. The van der Waals surface area contributed by atoms with Gasteiger partial charge in [0.1, 0.15) is 5.67 Å². The van der Waals surface area contributed by atoms with Gasteiger partial charge in [-0.15, -0.1) is 0 Å². The molecule has 3 N–H and O–H groups in total. The van der Waals surface area contributed by atoms with Gasteiger partial charge in [0.2, 0.25) is 0 Å². The number of thiazole rings is 1. The highest BCUT2D eigenvalue weighted by molar-refractivity contribution is 7.15. The molecule has 0 spiro atoms. The van der Waals surface area contributed by atoms with Gasteiger partial charge in [0.15, 0.2) is 5.13 Å². The maximum absolute atomic E-state index is 14.4. The second-order valence-electron chi connectivity index (χ2n) is 3.83. The van der Waals surface area contributed by atoms with Gasteiger partial charge in [0.25, 0.3) is 0 Å². The molecule has 78 valence electrons. The topological polar surface area (TPSA) is 50.9 Å². The second kappa shape index (κ2) is 3.47. The van der Waals surface area contributed by atoms with Crippen LogP contribution in [0, 0.1) is 5.92 Å². The number of nitrogen functional groups attached to an aromatic ring is 1. The maximum atomic E-state index is 14.4. The molecule has 1 aliphatic heterocycles. The molecule has 0 saturated carbocycles. The largest absolute Gasteiger partial charge is 0.375 e. The highest BCUT2D eigenvalue weighted by atomic mass is 32.1. The normalized spacial score (nSPS) is 26.3. The lowest BCUT2D eigenvalue weighted by molar-refractivity contribution is 0.116. The SMILES string of the molecule is CC(F)(c1cnc(N)s1)C1CCNC1. The summed E-state index contributed by atoms with van der Waals surface area (Å²) in [4.78, 5) is 4.53. The van der Waals surface area contributed by atoms with Gasteiger partial charge in [-0.25, -0.2) is 9.37 Å². The van der Waals surface area contributed by atoms with Crippen LogP contribution in [0.15, 0.2) is 6.20 Å². The Bertz CT molecular complexity index is 318. The van der Waals surface area contributed by atoms with Crippen LogP contribution in [0.3, 0.4) is 0 Å². The minimum Gasteiger partial charge on any atom is -0.375 e. The molecular weight excluding hydrogens is 201 g/mol. The summed E-state index contributed by atoms with van der Waals surface area (Å²) >= 11 is 1.25. The van der Waals surface area contributed by atoms with Crippen molar-refractivity contribution < 1.29 is 4.39 Å². The zero-order valence-corrected chi connectivity index (χ0v) is 8.90. The molecule has 2 heterocycles. The van der Waals surface area contributed by atoms with Gasteiger partial charge in [-0.05, 0) is 19.9 Å². The standard InChI is InChI=1S/C9H14FN3S/c1-9(10,6-2-3-12-4-6)7-5-13-8(11)14-7/h5-6,12H,2-4H2,1H3,(H2,11,13). The van der Waals surface area contributed by atoms with Crippen LogP contribution >= 0.6 is 11.3 Å². The molecule has 1 saturated heterocycles. The Morgan fingerprint density at radius 2 is 2.57 bits per heavy atom. The van der Waals surface area contributed by atoms with E-state index in [-0.39, 0.29) is 5.92 Å². The number of aromatic nitrogens is 1. The summed E-state index contributed by atoms with van der Waals surface area (Å²) in [5.41, 5.74) is 4.21. The number of rotatable bonds is 2. The van der Waals surface area contributed by atoms with Crippen molar-refractivity contribution in [1.29, 1.82) is 0 Å². The molecule has 0 aliphatic carbocycles. The maximum Gasteiger partial charge on any atom is 0.180 e. The van der Waals surface area contributed by atoms with E-state index in [4.69, 9.17) is 5.73 Å². The first-order valence-corrected chi connectivity index (χ1v) is 5.54. The van der Waals surface area contributed by atoms with Crippen molar-refractivity contribution in [3.8, 4) is 0 Å². The average Bonchev–Trinajstić information content (AvgIpc) is 2.72. The van der Waals surface area contributed by atoms with Crippen molar-refractivity contribution in [3.05, 3.63) is 11.1 Å². The molecule has 1 fully saturated rings. The van der Waals surface area contributed by atoms with Crippen LogP contribution in [0.5, 0.6) is 0 Å². The summed E-state index contributed by atoms with van der Waals surface area (Å²) in [6.07, 6.45) is 2.43. The van der Waals surface area contributed by atoms with E-state index in [9.17, 15) is 4.39 Å². The summed E-state index contributed by atoms with van der Waals surface area (Å²) < 4.78 is 14.4. The van der Waals surface area contributed by atoms with E-state index >= 15 is 0 Å². The lowest BCUT2D eigenvalue weighted by Crippen LogP contribution is -2.28. The van der Waals surface area contributed by atoms with Gasteiger partial charge in [-0.2, -0.15) is 0 Å². The first-order chi connectivity index (χ1) is 6.60. The predicted octanol–water partition coefficient (Wildman–Crippen LogP) is 1.52. The van der Waals surface area contributed by atoms with Crippen molar-refractivity contribution in [1.82, 2.24) is 10.3 Å². The lowest BCUT2D eigenvalue weighted by Gasteiger charge is -2.24. The second-order valence-corrected chi connectivity index (χ2v) is 4.89. The summed E-state index contributed by atoms with van der Waals surface area (Å²) in [6, 6.07) is 0. The van der Waals surface area contributed by atoms with Crippen LogP contribution in [0.1, 0.15) is 18.2 Å². The Balaban J connectivity index is 2.22. The Hall–Kier alpha value is -0.680. The molecule has 0 aromatic carbocycles. The molecule has 2 atom stereocenters. The number of nitrogens with zero attached hydrogens (tertiary/aromatic N) is 1. The lowest BCUT2D eigenvalue weighted by atomic mass is 9.89. The monoisotopic (exact) mass is 215 g/mol. The van der Waals surface area contributed by atoms with E-state index in [1.165, 1.54) is 11.3 Å². The zero-order chi connectivity index (χ0) is 10.2. The van der Waals surface area contributed by atoms with Crippen molar-refractivity contribution in [3.63, 3.8) is 0 Å². The van der Waals surface area contributed by atoms with Crippen LogP contribution in [0.2, 0.25) is 0 Å². The summed E-state index contributed by atoms with van der Waals surface area (Å²) in [5, 5.41) is 3.61. The highest BCUT2D eigenvalue weighted by Gasteiger charge is 2.39.